The van der Waals surface area contributed by atoms with Crippen molar-refractivity contribution < 1.29 is 14.3 Å². The minimum atomic E-state index is -0.880. The fraction of sp³-hybridized carbons (Fsp3) is 0.294. The van der Waals surface area contributed by atoms with Gasteiger partial charge in [0.1, 0.15) is 0 Å². The molecule has 3 rings (SSSR count). The highest BCUT2D eigenvalue weighted by atomic mass is 32.1. The Balaban J connectivity index is 1.70. The van der Waals surface area contributed by atoms with E-state index in [2.05, 4.69) is 5.32 Å². The van der Waals surface area contributed by atoms with E-state index in [0.29, 0.717) is 5.56 Å². The maximum atomic E-state index is 12.3. The lowest BCUT2D eigenvalue weighted by atomic mass is 10.1. The van der Waals surface area contributed by atoms with Gasteiger partial charge in [0.25, 0.3) is 5.91 Å². The van der Waals surface area contributed by atoms with Crippen molar-refractivity contribution in [3.63, 3.8) is 0 Å². The van der Waals surface area contributed by atoms with Crippen molar-refractivity contribution in [1.82, 2.24) is 5.32 Å². The number of benzene rings is 1. The van der Waals surface area contributed by atoms with Gasteiger partial charge in [-0.25, -0.2) is 0 Å². The summed E-state index contributed by atoms with van der Waals surface area (Å²) in [6.45, 7) is 0. The molecule has 2 aromatic rings. The molecule has 4 nitrogen and oxygen atoms in total. The van der Waals surface area contributed by atoms with Crippen molar-refractivity contribution in [2.75, 3.05) is 0 Å². The molecule has 1 aliphatic rings. The summed E-state index contributed by atoms with van der Waals surface area (Å²) in [5, 5.41) is 4.82. The first kappa shape index (κ1) is 14.8. The summed E-state index contributed by atoms with van der Waals surface area (Å²) in [6.07, 6.45) is 1.30. The quantitative estimate of drug-likeness (QED) is 0.834. The van der Waals surface area contributed by atoms with Crippen molar-refractivity contribution >= 4 is 23.2 Å². The fourth-order valence-electron chi connectivity index (χ4n) is 2.13. The summed E-state index contributed by atoms with van der Waals surface area (Å²) in [4.78, 5) is 25.4. The van der Waals surface area contributed by atoms with E-state index in [1.807, 2.05) is 35.7 Å². The highest BCUT2D eigenvalue weighted by molar-refractivity contribution is 7.10. The minimum absolute atomic E-state index is 0.192. The van der Waals surface area contributed by atoms with Gasteiger partial charge in [-0.1, -0.05) is 36.4 Å². The minimum Gasteiger partial charge on any atom is -0.447 e. The largest absolute Gasteiger partial charge is 0.447 e. The molecule has 0 radical (unpaired) electrons. The van der Waals surface area contributed by atoms with E-state index >= 15 is 0 Å². The van der Waals surface area contributed by atoms with Crippen LogP contribution in [0.3, 0.4) is 0 Å². The number of esters is 1. The van der Waals surface area contributed by atoms with E-state index < -0.39 is 6.10 Å². The summed E-state index contributed by atoms with van der Waals surface area (Å²) in [5.74, 6) is -0.629. The second-order valence-corrected chi connectivity index (χ2v) is 6.35. The maximum absolute atomic E-state index is 12.3. The molecule has 22 heavy (non-hydrogen) atoms. The van der Waals surface area contributed by atoms with Gasteiger partial charge in [0.2, 0.25) is 6.10 Å². The van der Waals surface area contributed by atoms with Crippen molar-refractivity contribution in [2.45, 2.75) is 31.4 Å². The molecule has 1 heterocycles. The van der Waals surface area contributed by atoms with Crippen molar-refractivity contribution in [1.29, 1.82) is 0 Å². The van der Waals surface area contributed by atoms with Crippen LogP contribution in [0.15, 0.2) is 47.8 Å². The zero-order chi connectivity index (χ0) is 15.4. The molecule has 0 bridgehead atoms. The van der Waals surface area contributed by atoms with Crippen LogP contribution >= 0.6 is 11.3 Å². The van der Waals surface area contributed by atoms with Crippen LogP contribution in [-0.4, -0.2) is 17.9 Å². The van der Waals surface area contributed by atoms with Gasteiger partial charge in [0.05, 0.1) is 6.42 Å². The second kappa shape index (κ2) is 6.75. The molecule has 1 aromatic carbocycles. The molecule has 1 aliphatic carbocycles. The lowest BCUT2D eigenvalue weighted by Gasteiger charge is -2.17. The molecule has 1 saturated carbocycles. The van der Waals surface area contributed by atoms with Gasteiger partial charge in [-0.2, -0.15) is 0 Å². The topological polar surface area (TPSA) is 55.4 Å². The third-order valence-electron chi connectivity index (χ3n) is 3.41. The fourth-order valence-corrected chi connectivity index (χ4v) is 2.82. The third-order valence-corrected chi connectivity index (χ3v) is 4.29. The number of rotatable bonds is 6. The zero-order valence-electron chi connectivity index (χ0n) is 12.0. The summed E-state index contributed by atoms with van der Waals surface area (Å²) < 4.78 is 5.46. The third kappa shape index (κ3) is 3.95. The molecule has 1 amide bonds. The summed E-state index contributed by atoms with van der Waals surface area (Å²) in [7, 11) is 0. The molecular weight excluding hydrogens is 298 g/mol. The molecule has 1 aromatic heterocycles. The van der Waals surface area contributed by atoms with Crippen LogP contribution in [0.1, 0.15) is 29.4 Å². The summed E-state index contributed by atoms with van der Waals surface area (Å²) in [6, 6.07) is 13.1. The Bertz CT molecular complexity index is 635. The normalized spacial score (nSPS) is 15.1. The Kier molecular flexibility index (Phi) is 4.53. The molecule has 0 aliphatic heterocycles. The summed E-state index contributed by atoms with van der Waals surface area (Å²) >= 11 is 1.50. The van der Waals surface area contributed by atoms with Crippen molar-refractivity contribution in [2.24, 2.45) is 0 Å². The summed E-state index contributed by atoms with van der Waals surface area (Å²) in [5.41, 5.74) is 0.695. The zero-order valence-corrected chi connectivity index (χ0v) is 12.8. The highest BCUT2D eigenvalue weighted by Gasteiger charge is 2.30. The van der Waals surface area contributed by atoms with E-state index in [1.165, 1.54) is 11.3 Å². The average molecular weight is 315 g/mol. The first-order valence-electron chi connectivity index (χ1n) is 7.29. The van der Waals surface area contributed by atoms with Crippen LogP contribution in [-0.2, 0) is 20.7 Å². The Morgan fingerprint density at radius 3 is 2.59 bits per heavy atom. The Labute approximate surface area is 133 Å². The Hall–Kier alpha value is -2.14. The van der Waals surface area contributed by atoms with E-state index in [0.717, 1.165) is 17.7 Å². The number of carbonyl (C=O) groups excluding carboxylic acids is 2. The Morgan fingerprint density at radius 1 is 1.18 bits per heavy atom. The van der Waals surface area contributed by atoms with Gasteiger partial charge in [-0.15, -0.1) is 11.3 Å². The molecule has 5 heteroatoms. The molecular formula is C17H17NO3S. The number of thiophene rings is 1. The average Bonchev–Trinajstić information content (AvgIpc) is 3.19. The number of hydrogen-bond donors (Lipinski definition) is 1. The number of amides is 1. The van der Waals surface area contributed by atoms with Crippen LogP contribution in [0.4, 0.5) is 0 Å². The lowest BCUT2D eigenvalue weighted by Crippen LogP contribution is -2.33. The molecule has 1 atom stereocenters. The highest BCUT2D eigenvalue weighted by Crippen LogP contribution is 2.23. The molecule has 0 spiro atoms. The van der Waals surface area contributed by atoms with Gasteiger partial charge < -0.3 is 10.1 Å². The number of nitrogens with one attached hydrogen (secondary N) is 1. The molecule has 0 unspecified atom stereocenters. The van der Waals surface area contributed by atoms with Gasteiger partial charge in [0, 0.05) is 16.5 Å². The predicted octanol–water partition coefficient (Wildman–Crippen LogP) is 2.85. The number of ether oxygens (including phenoxy) is 1. The van der Waals surface area contributed by atoms with E-state index in [1.54, 1.807) is 12.1 Å². The standard InChI is InChI=1S/C17H17NO3S/c19-15(11-14-7-4-10-22-14)21-16(12-5-2-1-3-6-12)17(20)18-13-8-9-13/h1-7,10,13,16H,8-9,11H2,(H,18,20)/t16-/m1/s1. The lowest BCUT2D eigenvalue weighted by molar-refractivity contribution is -0.155. The van der Waals surface area contributed by atoms with Crippen LogP contribution in [0, 0.1) is 0 Å². The number of hydrogen-bond acceptors (Lipinski definition) is 4. The van der Waals surface area contributed by atoms with E-state index in [9.17, 15) is 9.59 Å². The van der Waals surface area contributed by atoms with Gasteiger partial charge >= 0.3 is 5.97 Å². The van der Waals surface area contributed by atoms with Gasteiger partial charge in [-0.05, 0) is 24.3 Å². The molecule has 0 saturated heterocycles. The first-order valence-corrected chi connectivity index (χ1v) is 8.17. The van der Waals surface area contributed by atoms with Crippen LogP contribution in [0.2, 0.25) is 0 Å². The maximum Gasteiger partial charge on any atom is 0.312 e. The van der Waals surface area contributed by atoms with Crippen LogP contribution in [0.5, 0.6) is 0 Å². The second-order valence-electron chi connectivity index (χ2n) is 5.32. The monoisotopic (exact) mass is 315 g/mol. The molecule has 1 N–H and O–H groups in total. The van der Waals surface area contributed by atoms with E-state index in [-0.39, 0.29) is 24.3 Å². The van der Waals surface area contributed by atoms with E-state index in [4.69, 9.17) is 4.74 Å². The van der Waals surface area contributed by atoms with Crippen LogP contribution in [0.25, 0.3) is 0 Å². The SMILES string of the molecule is O=C(Cc1cccs1)O[C@@H](C(=O)NC1CC1)c1ccccc1. The number of carbonyl (C=O) groups is 2. The van der Waals surface area contributed by atoms with Crippen molar-refractivity contribution in [3.8, 4) is 0 Å². The van der Waals surface area contributed by atoms with Gasteiger partial charge in [-0.3, -0.25) is 9.59 Å². The Morgan fingerprint density at radius 2 is 1.95 bits per heavy atom. The smallest absolute Gasteiger partial charge is 0.312 e. The molecule has 1 fully saturated rings. The first-order chi connectivity index (χ1) is 10.7. The van der Waals surface area contributed by atoms with Gasteiger partial charge in [0.15, 0.2) is 0 Å². The van der Waals surface area contributed by atoms with Crippen molar-refractivity contribution in [3.05, 3.63) is 58.3 Å². The van der Waals surface area contributed by atoms with Crippen LogP contribution < -0.4 is 5.32 Å². The predicted molar refractivity (Wildman–Crippen MR) is 84.5 cm³/mol. The molecule has 114 valence electrons.